The number of likely N-dealkylation sites (N-methyl/N-ethyl adjacent to an activating group) is 1. The summed E-state index contributed by atoms with van der Waals surface area (Å²) in [5.41, 5.74) is 8.20. The summed E-state index contributed by atoms with van der Waals surface area (Å²) in [5, 5.41) is 6.39. The first kappa shape index (κ1) is 18.1. The molecule has 4 nitrogen and oxygen atoms in total. The number of hydrogen-bond donors (Lipinski definition) is 3. The summed E-state index contributed by atoms with van der Waals surface area (Å²) < 4.78 is 5.69. The summed E-state index contributed by atoms with van der Waals surface area (Å²) in [6.45, 7) is 7.32. The second-order valence-electron chi connectivity index (χ2n) is 6.62. The lowest BCUT2D eigenvalue weighted by atomic mass is 9.79. The summed E-state index contributed by atoms with van der Waals surface area (Å²) >= 11 is 0. The van der Waals surface area contributed by atoms with Crippen LogP contribution in [0.5, 0.6) is 0 Å². The zero-order chi connectivity index (χ0) is 17.6. The summed E-state index contributed by atoms with van der Waals surface area (Å²) in [6, 6.07) is 4.15. The van der Waals surface area contributed by atoms with Gasteiger partial charge in [-0.3, -0.25) is 0 Å². The molecule has 0 amide bonds. The smallest absolute Gasteiger partial charge is 0.193 e. The molecule has 4 N–H and O–H groups in total. The van der Waals surface area contributed by atoms with Crippen LogP contribution in [0.25, 0.3) is 6.08 Å². The van der Waals surface area contributed by atoms with Crippen molar-refractivity contribution < 1.29 is 4.42 Å². The van der Waals surface area contributed by atoms with Crippen LogP contribution in [-0.2, 0) is 0 Å². The Morgan fingerprint density at radius 2 is 2.00 bits per heavy atom. The van der Waals surface area contributed by atoms with Gasteiger partial charge in [0.05, 0.1) is 0 Å². The molecule has 0 spiro atoms. The quantitative estimate of drug-likeness (QED) is 0.706. The summed E-state index contributed by atoms with van der Waals surface area (Å²) in [7, 11) is 1.94. The van der Waals surface area contributed by atoms with Gasteiger partial charge in [0.15, 0.2) is 5.88 Å². The van der Waals surface area contributed by atoms with E-state index < -0.39 is 0 Å². The van der Waals surface area contributed by atoms with E-state index in [2.05, 4.69) is 48.8 Å². The van der Waals surface area contributed by atoms with Crippen molar-refractivity contribution in [3.05, 3.63) is 59.5 Å². The Kier molecular flexibility index (Phi) is 6.10. The Hall–Kier alpha value is -2.20. The van der Waals surface area contributed by atoms with E-state index in [1.165, 1.54) is 0 Å². The minimum atomic E-state index is -0.0544. The Morgan fingerprint density at radius 3 is 2.71 bits per heavy atom. The third kappa shape index (κ3) is 4.65. The van der Waals surface area contributed by atoms with Crippen LogP contribution in [-0.4, -0.2) is 19.6 Å². The van der Waals surface area contributed by atoms with Crippen LogP contribution in [0, 0.1) is 5.41 Å². The molecule has 1 aromatic rings. The Bertz CT molecular complexity index is 662. The number of anilines is 1. The molecular formula is C20H29N3O. The van der Waals surface area contributed by atoms with Crippen molar-refractivity contribution in [2.75, 3.05) is 18.9 Å². The average Bonchev–Trinajstić information content (AvgIpc) is 2.88. The van der Waals surface area contributed by atoms with Crippen LogP contribution in [0.3, 0.4) is 0 Å². The van der Waals surface area contributed by atoms with Crippen molar-refractivity contribution in [3.63, 3.8) is 0 Å². The maximum absolute atomic E-state index is 6.26. The molecule has 1 unspecified atom stereocenters. The summed E-state index contributed by atoms with van der Waals surface area (Å²) in [4.78, 5) is 0. The van der Waals surface area contributed by atoms with E-state index in [0.717, 1.165) is 35.9 Å². The molecule has 0 aliphatic heterocycles. The van der Waals surface area contributed by atoms with Gasteiger partial charge in [0.25, 0.3) is 0 Å². The second kappa shape index (κ2) is 8.06. The molecular weight excluding hydrogens is 298 g/mol. The van der Waals surface area contributed by atoms with E-state index in [4.69, 9.17) is 10.2 Å². The highest BCUT2D eigenvalue weighted by Crippen LogP contribution is 2.34. The van der Waals surface area contributed by atoms with Gasteiger partial charge in [-0.2, -0.15) is 0 Å². The van der Waals surface area contributed by atoms with E-state index >= 15 is 0 Å². The first-order chi connectivity index (χ1) is 11.5. The molecule has 0 bridgehead atoms. The van der Waals surface area contributed by atoms with Crippen LogP contribution in [0.2, 0.25) is 0 Å². The first-order valence-corrected chi connectivity index (χ1v) is 8.50. The highest BCUT2D eigenvalue weighted by molar-refractivity contribution is 5.48. The molecule has 4 heteroatoms. The van der Waals surface area contributed by atoms with Gasteiger partial charge in [0, 0.05) is 24.4 Å². The zero-order valence-corrected chi connectivity index (χ0v) is 15.1. The zero-order valence-electron chi connectivity index (χ0n) is 15.1. The van der Waals surface area contributed by atoms with Crippen molar-refractivity contribution >= 4 is 12.0 Å². The average molecular weight is 327 g/mol. The van der Waals surface area contributed by atoms with Crippen LogP contribution in [0.15, 0.2) is 58.2 Å². The molecule has 1 atom stereocenters. The Labute approximate surface area is 145 Å². The van der Waals surface area contributed by atoms with Crippen LogP contribution in [0.1, 0.15) is 33.0 Å². The molecule has 2 rings (SSSR count). The van der Waals surface area contributed by atoms with Gasteiger partial charge in [-0.1, -0.05) is 38.2 Å². The lowest BCUT2D eigenvalue weighted by molar-refractivity contribution is 0.461. The summed E-state index contributed by atoms with van der Waals surface area (Å²) in [6.07, 6.45) is 13.4. The number of allylic oxidation sites excluding steroid dienone is 4. The minimum Gasteiger partial charge on any atom is -0.441 e. The van der Waals surface area contributed by atoms with E-state index in [0.29, 0.717) is 0 Å². The maximum atomic E-state index is 6.26. The van der Waals surface area contributed by atoms with Crippen molar-refractivity contribution in [1.82, 2.24) is 5.32 Å². The Morgan fingerprint density at radius 1 is 1.25 bits per heavy atom. The second-order valence-corrected chi connectivity index (χ2v) is 6.62. The van der Waals surface area contributed by atoms with Gasteiger partial charge in [0.1, 0.15) is 5.76 Å². The molecule has 0 fully saturated rings. The lowest BCUT2D eigenvalue weighted by Gasteiger charge is -2.26. The van der Waals surface area contributed by atoms with Crippen LogP contribution in [0.4, 0.5) is 5.88 Å². The fourth-order valence-corrected chi connectivity index (χ4v) is 2.76. The van der Waals surface area contributed by atoms with Gasteiger partial charge in [0.2, 0.25) is 0 Å². The predicted molar refractivity (Wildman–Crippen MR) is 103 cm³/mol. The highest BCUT2D eigenvalue weighted by Gasteiger charge is 2.23. The molecule has 1 aliphatic carbocycles. The van der Waals surface area contributed by atoms with Gasteiger partial charge in [-0.05, 0) is 49.6 Å². The third-order valence-corrected chi connectivity index (χ3v) is 4.21. The normalized spacial score (nSPS) is 18.4. The van der Waals surface area contributed by atoms with Gasteiger partial charge in [-0.15, -0.1) is 0 Å². The number of rotatable bonds is 7. The van der Waals surface area contributed by atoms with E-state index in [9.17, 15) is 0 Å². The van der Waals surface area contributed by atoms with Crippen LogP contribution < -0.4 is 16.4 Å². The standard InChI is InChI=1S/C20H29N3O/c1-5-23-19-13-10-16(24-19)7-6-14-20(2,3)17-11-8-15(22-4)9-12-18(17)21/h6-13,15,22-23H,5,14,21H2,1-4H3/b7-6+. The fourth-order valence-electron chi connectivity index (χ4n) is 2.76. The van der Waals surface area contributed by atoms with E-state index in [-0.39, 0.29) is 11.5 Å². The fraction of sp³-hybridized carbons (Fsp3) is 0.400. The molecule has 0 aromatic carbocycles. The van der Waals surface area contributed by atoms with Crippen molar-refractivity contribution in [3.8, 4) is 0 Å². The number of nitrogens with one attached hydrogen (secondary N) is 2. The number of furan rings is 1. The number of hydrogen-bond acceptors (Lipinski definition) is 4. The first-order valence-electron chi connectivity index (χ1n) is 8.50. The third-order valence-electron chi connectivity index (χ3n) is 4.21. The van der Waals surface area contributed by atoms with Gasteiger partial charge in [-0.25, -0.2) is 0 Å². The lowest BCUT2D eigenvalue weighted by Crippen LogP contribution is -2.19. The van der Waals surface area contributed by atoms with Crippen molar-refractivity contribution in [2.24, 2.45) is 11.1 Å². The van der Waals surface area contributed by atoms with E-state index in [1.807, 2.05) is 38.3 Å². The van der Waals surface area contributed by atoms with Crippen molar-refractivity contribution in [1.29, 1.82) is 0 Å². The SMILES string of the molecule is CCNc1ccc(/C=C/CC(C)(C)C2=C(N)C=CC(NC)C=C2)o1. The topological polar surface area (TPSA) is 63.2 Å². The maximum Gasteiger partial charge on any atom is 0.193 e. The molecule has 1 aromatic heterocycles. The molecule has 130 valence electrons. The molecule has 0 radical (unpaired) electrons. The van der Waals surface area contributed by atoms with Crippen LogP contribution >= 0.6 is 0 Å². The monoisotopic (exact) mass is 327 g/mol. The molecule has 1 aliphatic rings. The number of nitrogens with two attached hydrogens (primary N) is 1. The Balaban J connectivity index is 2.07. The van der Waals surface area contributed by atoms with Crippen molar-refractivity contribution in [2.45, 2.75) is 33.2 Å². The van der Waals surface area contributed by atoms with Gasteiger partial charge < -0.3 is 20.8 Å². The molecule has 0 saturated heterocycles. The van der Waals surface area contributed by atoms with E-state index in [1.54, 1.807) is 0 Å². The van der Waals surface area contributed by atoms with Gasteiger partial charge >= 0.3 is 0 Å². The minimum absolute atomic E-state index is 0.0544. The highest BCUT2D eigenvalue weighted by atomic mass is 16.4. The largest absolute Gasteiger partial charge is 0.441 e. The molecule has 0 saturated carbocycles. The molecule has 24 heavy (non-hydrogen) atoms. The molecule has 1 heterocycles. The summed E-state index contributed by atoms with van der Waals surface area (Å²) in [5.74, 6) is 1.66. The predicted octanol–water partition coefficient (Wildman–Crippen LogP) is 4.07.